The van der Waals surface area contributed by atoms with Crippen molar-refractivity contribution in [1.29, 1.82) is 0 Å². The number of para-hydroxylation sites is 1. The highest BCUT2D eigenvalue weighted by Crippen LogP contribution is 2.43. The zero-order valence-electron chi connectivity index (χ0n) is 16.5. The third-order valence-corrected chi connectivity index (χ3v) is 5.19. The fourth-order valence-electron chi connectivity index (χ4n) is 3.89. The van der Waals surface area contributed by atoms with Gasteiger partial charge in [-0.15, -0.1) is 0 Å². The van der Waals surface area contributed by atoms with Gasteiger partial charge in [-0.2, -0.15) is 0 Å². The molecule has 0 fully saturated rings. The monoisotopic (exact) mass is 363 g/mol. The number of rotatable bonds is 5. The van der Waals surface area contributed by atoms with Crippen LogP contribution in [0.3, 0.4) is 0 Å². The number of nitrogens with zero attached hydrogens (tertiary/aromatic N) is 1. The Hall–Kier alpha value is -3.32. The van der Waals surface area contributed by atoms with Gasteiger partial charge in [0, 0.05) is 23.5 Å². The molecule has 0 bridgehead atoms. The summed E-state index contributed by atoms with van der Waals surface area (Å²) in [5.74, 6) is 0. The number of anilines is 2. The van der Waals surface area contributed by atoms with Crippen LogP contribution in [0.2, 0.25) is 0 Å². The van der Waals surface area contributed by atoms with Crippen LogP contribution in [0.25, 0.3) is 22.3 Å². The van der Waals surface area contributed by atoms with Crippen molar-refractivity contribution in [2.24, 2.45) is 0 Å². The van der Waals surface area contributed by atoms with Crippen molar-refractivity contribution in [3.8, 4) is 22.3 Å². The Bertz CT molecular complexity index is 1040. The Balaban J connectivity index is 2.02. The van der Waals surface area contributed by atoms with Gasteiger partial charge in [0.05, 0.1) is 0 Å². The molecule has 0 atom stereocenters. The summed E-state index contributed by atoms with van der Waals surface area (Å²) in [5, 5.41) is 0. The minimum Gasteiger partial charge on any atom is -0.341 e. The molecule has 0 aliphatic heterocycles. The van der Waals surface area contributed by atoms with Crippen molar-refractivity contribution in [3.05, 3.63) is 109 Å². The molecule has 0 unspecified atom stereocenters. The second-order valence-electron chi connectivity index (χ2n) is 6.96. The van der Waals surface area contributed by atoms with Gasteiger partial charge in [0.15, 0.2) is 0 Å². The van der Waals surface area contributed by atoms with Crippen molar-refractivity contribution in [2.75, 3.05) is 11.4 Å². The summed E-state index contributed by atoms with van der Waals surface area (Å²) < 4.78 is 0. The zero-order chi connectivity index (χ0) is 19.3. The summed E-state index contributed by atoms with van der Waals surface area (Å²) in [6.07, 6.45) is 0. The Morgan fingerprint density at radius 1 is 0.571 bits per heavy atom. The maximum atomic E-state index is 2.40. The Kier molecular flexibility index (Phi) is 5.25. The molecule has 4 aromatic carbocycles. The Morgan fingerprint density at radius 2 is 1.07 bits per heavy atom. The SMILES string of the molecule is CCN(c1ccccc1)c1ccc(C)c(-c2ccccc2)c1-c1ccccc1. The standard InChI is InChI=1S/C27H25N/c1-3-28(24-17-11-6-12-18-24)25-20-19-21(2)26(22-13-7-4-8-14-22)27(25)23-15-9-5-10-16-23/h4-20H,3H2,1-2H3. The lowest BCUT2D eigenvalue weighted by molar-refractivity contribution is 1.02. The lowest BCUT2D eigenvalue weighted by Gasteiger charge is -2.28. The van der Waals surface area contributed by atoms with Crippen molar-refractivity contribution in [2.45, 2.75) is 13.8 Å². The highest BCUT2D eigenvalue weighted by molar-refractivity contribution is 5.95. The van der Waals surface area contributed by atoms with Gasteiger partial charge >= 0.3 is 0 Å². The van der Waals surface area contributed by atoms with E-state index < -0.39 is 0 Å². The fourth-order valence-corrected chi connectivity index (χ4v) is 3.89. The van der Waals surface area contributed by atoms with Crippen LogP contribution in [-0.4, -0.2) is 6.54 Å². The van der Waals surface area contributed by atoms with Gasteiger partial charge < -0.3 is 4.90 Å². The normalized spacial score (nSPS) is 10.6. The minimum atomic E-state index is 0.904. The highest BCUT2D eigenvalue weighted by atomic mass is 15.1. The molecule has 4 aromatic rings. The Labute approximate surface area is 167 Å². The molecule has 0 radical (unpaired) electrons. The fraction of sp³-hybridized carbons (Fsp3) is 0.111. The molecule has 0 saturated heterocycles. The van der Waals surface area contributed by atoms with Gasteiger partial charge in [0.2, 0.25) is 0 Å². The van der Waals surface area contributed by atoms with Crippen molar-refractivity contribution in [1.82, 2.24) is 0 Å². The average molecular weight is 364 g/mol. The lowest BCUT2D eigenvalue weighted by Crippen LogP contribution is -2.17. The van der Waals surface area contributed by atoms with E-state index in [1.54, 1.807) is 0 Å². The molecule has 1 heteroatoms. The largest absolute Gasteiger partial charge is 0.341 e. The predicted molar refractivity (Wildman–Crippen MR) is 121 cm³/mol. The first-order valence-corrected chi connectivity index (χ1v) is 9.86. The minimum absolute atomic E-state index is 0.904. The maximum absolute atomic E-state index is 2.40. The van der Waals surface area contributed by atoms with Gasteiger partial charge in [0.25, 0.3) is 0 Å². The van der Waals surface area contributed by atoms with E-state index in [1.807, 2.05) is 0 Å². The van der Waals surface area contributed by atoms with E-state index in [1.165, 1.54) is 39.2 Å². The van der Waals surface area contributed by atoms with E-state index >= 15 is 0 Å². The van der Waals surface area contributed by atoms with Gasteiger partial charge in [-0.1, -0.05) is 84.9 Å². The molecule has 1 nitrogen and oxygen atoms in total. The summed E-state index contributed by atoms with van der Waals surface area (Å²) >= 11 is 0. The molecule has 0 spiro atoms. The number of hydrogen-bond donors (Lipinski definition) is 0. The van der Waals surface area contributed by atoms with Gasteiger partial charge in [-0.05, 0) is 54.3 Å². The third-order valence-electron chi connectivity index (χ3n) is 5.19. The second-order valence-corrected chi connectivity index (χ2v) is 6.96. The average Bonchev–Trinajstić information content (AvgIpc) is 2.77. The molecule has 0 heterocycles. The van der Waals surface area contributed by atoms with Crippen molar-refractivity contribution in [3.63, 3.8) is 0 Å². The molecule has 28 heavy (non-hydrogen) atoms. The molecule has 0 aromatic heterocycles. The van der Waals surface area contributed by atoms with Crippen LogP contribution in [0.4, 0.5) is 11.4 Å². The molecule has 0 N–H and O–H groups in total. The number of aryl methyl sites for hydroxylation is 1. The first kappa shape index (κ1) is 18.1. The van der Waals surface area contributed by atoms with Crippen LogP contribution in [0.15, 0.2) is 103 Å². The van der Waals surface area contributed by atoms with Crippen LogP contribution < -0.4 is 4.90 Å². The molecular formula is C27H25N. The van der Waals surface area contributed by atoms with Crippen LogP contribution in [-0.2, 0) is 0 Å². The molecule has 138 valence electrons. The van der Waals surface area contributed by atoms with Crippen LogP contribution in [0.1, 0.15) is 12.5 Å². The van der Waals surface area contributed by atoms with Gasteiger partial charge in [-0.25, -0.2) is 0 Å². The topological polar surface area (TPSA) is 3.24 Å². The smallest absolute Gasteiger partial charge is 0.0496 e. The summed E-state index contributed by atoms with van der Waals surface area (Å²) in [7, 11) is 0. The van der Waals surface area contributed by atoms with E-state index in [0.717, 1.165) is 6.54 Å². The Morgan fingerprint density at radius 3 is 1.61 bits per heavy atom. The zero-order valence-corrected chi connectivity index (χ0v) is 16.5. The van der Waals surface area contributed by atoms with Gasteiger partial charge in [-0.3, -0.25) is 0 Å². The van der Waals surface area contributed by atoms with E-state index in [-0.39, 0.29) is 0 Å². The molecule has 4 rings (SSSR count). The summed E-state index contributed by atoms with van der Waals surface area (Å²) in [6.45, 7) is 5.32. The van der Waals surface area contributed by atoms with Crippen LogP contribution >= 0.6 is 0 Å². The second kappa shape index (κ2) is 8.14. The highest BCUT2D eigenvalue weighted by Gasteiger charge is 2.19. The molecule has 0 aliphatic rings. The summed E-state index contributed by atoms with van der Waals surface area (Å²) in [5.41, 5.74) is 8.84. The van der Waals surface area contributed by atoms with E-state index in [2.05, 4.69) is 122 Å². The number of hydrogen-bond acceptors (Lipinski definition) is 1. The quantitative estimate of drug-likeness (QED) is 0.355. The maximum Gasteiger partial charge on any atom is 0.0496 e. The molecule has 0 saturated carbocycles. The number of benzene rings is 4. The molecule has 0 amide bonds. The van der Waals surface area contributed by atoms with Crippen molar-refractivity contribution >= 4 is 11.4 Å². The summed E-state index contributed by atoms with van der Waals surface area (Å²) in [4.78, 5) is 2.40. The van der Waals surface area contributed by atoms with Crippen LogP contribution in [0, 0.1) is 6.92 Å². The van der Waals surface area contributed by atoms with E-state index in [9.17, 15) is 0 Å². The molecular weight excluding hydrogens is 338 g/mol. The van der Waals surface area contributed by atoms with Crippen LogP contribution in [0.5, 0.6) is 0 Å². The molecule has 0 aliphatic carbocycles. The van der Waals surface area contributed by atoms with Gasteiger partial charge in [0.1, 0.15) is 0 Å². The first-order chi connectivity index (χ1) is 13.8. The first-order valence-electron chi connectivity index (χ1n) is 9.86. The lowest BCUT2D eigenvalue weighted by atomic mass is 9.89. The third kappa shape index (κ3) is 3.44. The summed E-state index contributed by atoms with van der Waals surface area (Å²) in [6, 6.07) is 36.6. The van der Waals surface area contributed by atoms with E-state index in [4.69, 9.17) is 0 Å². The van der Waals surface area contributed by atoms with E-state index in [0.29, 0.717) is 0 Å². The van der Waals surface area contributed by atoms with Crippen molar-refractivity contribution < 1.29 is 0 Å². The predicted octanol–water partition coefficient (Wildman–Crippen LogP) is 7.49.